The fourth-order valence-corrected chi connectivity index (χ4v) is 2.05. The predicted octanol–water partition coefficient (Wildman–Crippen LogP) is 3.27. The molecule has 0 saturated carbocycles. The second kappa shape index (κ2) is 6.54. The van der Waals surface area contributed by atoms with Crippen LogP contribution >= 0.6 is 0 Å². The van der Waals surface area contributed by atoms with E-state index >= 15 is 0 Å². The number of para-hydroxylation sites is 2. The first kappa shape index (κ1) is 13.1. The molecule has 0 amide bonds. The van der Waals surface area contributed by atoms with Crippen molar-refractivity contribution in [3.63, 3.8) is 0 Å². The smallest absolute Gasteiger partial charge is 0.387 e. The van der Waals surface area contributed by atoms with Gasteiger partial charge in [-0.2, -0.15) is 8.78 Å². The van der Waals surface area contributed by atoms with E-state index in [1.165, 1.54) is 6.07 Å². The Morgan fingerprint density at radius 1 is 1.39 bits per heavy atom. The van der Waals surface area contributed by atoms with E-state index in [2.05, 4.69) is 10.1 Å². The van der Waals surface area contributed by atoms with E-state index in [0.29, 0.717) is 18.3 Å². The summed E-state index contributed by atoms with van der Waals surface area (Å²) in [6.45, 7) is -1.28. The first-order valence-corrected chi connectivity index (χ1v) is 6.15. The molecule has 3 nitrogen and oxygen atoms in total. The normalized spacial score (nSPS) is 19.2. The molecule has 18 heavy (non-hydrogen) atoms. The number of ether oxygens (including phenoxy) is 2. The van der Waals surface area contributed by atoms with Gasteiger partial charge in [-0.25, -0.2) is 0 Å². The van der Waals surface area contributed by atoms with Crippen LogP contribution in [-0.2, 0) is 4.74 Å². The third kappa shape index (κ3) is 3.84. The van der Waals surface area contributed by atoms with Crippen LogP contribution in [0.2, 0.25) is 0 Å². The van der Waals surface area contributed by atoms with Crippen molar-refractivity contribution in [2.75, 3.05) is 18.5 Å². The van der Waals surface area contributed by atoms with Crippen LogP contribution in [0.4, 0.5) is 14.5 Å². The molecule has 0 spiro atoms. The van der Waals surface area contributed by atoms with Gasteiger partial charge in [0.2, 0.25) is 0 Å². The molecular formula is C13H17F2NO2. The Balaban J connectivity index is 1.83. The summed E-state index contributed by atoms with van der Waals surface area (Å²) in [4.78, 5) is 0. The van der Waals surface area contributed by atoms with E-state index in [1.54, 1.807) is 18.2 Å². The lowest BCUT2D eigenvalue weighted by Crippen LogP contribution is -2.13. The van der Waals surface area contributed by atoms with Gasteiger partial charge < -0.3 is 14.8 Å². The molecule has 1 fully saturated rings. The quantitative estimate of drug-likeness (QED) is 0.848. The third-order valence-electron chi connectivity index (χ3n) is 2.91. The topological polar surface area (TPSA) is 30.5 Å². The summed E-state index contributed by atoms with van der Waals surface area (Å²) in [5.41, 5.74) is 0.593. The Morgan fingerprint density at radius 2 is 2.22 bits per heavy atom. The van der Waals surface area contributed by atoms with E-state index in [1.807, 2.05) is 0 Å². The molecule has 1 N–H and O–H groups in total. The zero-order valence-electron chi connectivity index (χ0n) is 10.1. The van der Waals surface area contributed by atoms with Crippen LogP contribution < -0.4 is 10.1 Å². The minimum absolute atomic E-state index is 0.180. The number of benzene rings is 1. The van der Waals surface area contributed by atoms with Crippen molar-refractivity contribution < 1.29 is 18.3 Å². The van der Waals surface area contributed by atoms with Crippen LogP contribution in [0.15, 0.2) is 24.3 Å². The van der Waals surface area contributed by atoms with Crippen LogP contribution in [0, 0.1) is 0 Å². The van der Waals surface area contributed by atoms with Crippen molar-refractivity contribution in [2.45, 2.75) is 32.0 Å². The largest absolute Gasteiger partial charge is 0.433 e. The Bertz CT molecular complexity index is 368. The van der Waals surface area contributed by atoms with E-state index in [4.69, 9.17) is 4.74 Å². The first-order chi connectivity index (χ1) is 8.75. The Labute approximate surface area is 105 Å². The molecule has 100 valence electrons. The fraction of sp³-hybridized carbons (Fsp3) is 0.538. The maximum Gasteiger partial charge on any atom is 0.387 e. The number of halogens is 2. The lowest BCUT2D eigenvalue weighted by Gasteiger charge is -2.14. The molecule has 1 unspecified atom stereocenters. The molecule has 5 heteroatoms. The fourth-order valence-electron chi connectivity index (χ4n) is 2.05. The molecule has 2 rings (SSSR count). The van der Waals surface area contributed by atoms with Crippen molar-refractivity contribution in [2.24, 2.45) is 0 Å². The minimum Gasteiger partial charge on any atom is -0.433 e. The van der Waals surface area contributed by atoms with Gasteiger partial charge in [0.25, 0.3) is 0 Å². The number of hydrogen-bond acceptors (Lipinski definition) is 3. The molecule has 1 atom stereocenters. The standard InChI is InChI=1S/C13H17F2NO2/c14-13(15)18-12-6-2-1-5-11(12)16-8-7-10-4-3-9-17-10/h1-2,5-6,10,13,16H,3-4,7-9H2. The second-order valence-electron chi connectivity index (χ2n) is 4.23. The highest BCUT2D eigenvalue weighted by Gasteiger charge is 2.15. The number of anilines is 1. The maximum atomic E-state index is 12.2. The lowest BCUT2D eigenvalue weighted by molar-refractivity contribution is -0.0493. The molecule has 1 heterocycles. The van der Waals surface area contributed by atoms with Crippen LogP contribution in [0.5, 0.6) is 5.75 Å². The van der Waals surface area contributed by atoms with Crippen LogP contribution in [-0.4, -0.2) is 25.9 Å². The van der Waals surface area contributed by atoms with Crippen LogP contribution in [0.1, 0.15) is 19.3 Å². The van der Waals surface area contributed by atoms with Crippen molar-refractivity contribution in [3.05, 3.63) is 24.3 Å². The second-order valence-corrected chi connectivity index (χ2v) is 4.23. The van der Waals surface area contributed by atoms with E-state index in [0.717, 1.165) is 25.9 Å². The molecule has 0 aromatic heterocycles. The van der Waals surface area contributed by atoms with Crippen molar-refractivity contribution >= 4 is 5.69 Å². The van der Waals surface area contributed by atoms with E-state index in [-0.39, 0.29) is 5.75 Å². The summed E-state index contributed by atoms with van der Waals surface area (Å²) >= 11 is 0. The van der Waals surface area contributed by atoms with Crippen molar-refractivity contribution in [1.29, 1.82) is 0 Å². The van der Waals surface area contributed by atoms with Crippen LogP contribution in [0.3, 0.4) is 0 Å². The molecule has 0 aliphatic carbocycles. The monoisotopic (exact) mass is 257 g/mol. The van der Waals surface area contributed by atoms with Gasteiger partial charge in [0, 0.05) is 13.2 Å². The molecule has 1 saturated heterocycles. The van der Waals surface area contributed by atoms with Crippen molar-refractivity contribution in [3.8, 4) is 5.75 Å². The van der Waals surface area contributed by atoms with Gasteiger partial charge in [-0.3, -0.25) is 0 Å². The SMILES string of the molecule is FC(F)Oc1ccccc1NCCC1CCCO1. The first-order valence-electron chi connectivity index (χ1n) is 6.15. The van der Waals surface area contributed by atoms with Gasteiger partial charge in [0.15, 0.2) is 0 Å². The van der Waals surface area contributed by atoms with Gasteiger partial charge >= 0.3 is 6.61 Å². The number of alkyl halides is 2. The van der Waals surface area contributed by atoms with Gasteiger partial charge in [0.1, 0.15) is 5.75 Å². The predicted molar refractivity (Wildman–Crippen MR) is 65.2 cm³/mol. The summed E-state index contributed by atoms with van der Waals surface area (Å²) in [6.07, 6.45) is 3.36. The van der Waals surface area contributed by atoms with Gasteiger partial charge in [-0.05, 0) is 31.4 Å². The zero-order chi connectivity index (χ0) is 12.8. The molecule has 0 radical (unpaired) electrons. The van der Waals surface area contributed by atoms with Crippen molar-refractivity contribution in [1.82, 2.24) is 0 Å². The van der Waals surface area contributed by atoms with Gasteiger partial charge in [-0.1, -0.05) is 12.1 Å². The number of rotatable bonds is 6. The summed E-state index contributed by atoms with van der Waals surface area (Å²) in [6, 6.07) is 6.71. The molecule has 1 aromatic carbocycles. The summed E-state index contributed by atoms with van der Waals surface area (Å²) in [5, 5.41) is 3.11. The van der Waals surface area contributed by atoms with E-state index < -0.39 is 6.61 Å². The summed E-state index contributed by atoms with van der Waals surface area (Å²) < 4.78 is 34.3. The molecule has 1 aliphatic rings. The minimum atomic E-state index is -2.80. The zero-order valence-corrected chi connectivity index (χ0v) is 10.1. The Hall–Kier alpha value is -1.36. The molecule has 1 aliphatic heterocycles. The highest BCUT2D eigenvalue weighted by molar-refractivity contribution is 5.56. The number of hydrogen-bond donors (Lipinski definition) is 1. The molecule has 0 bridgehead atoms. The summed E-state index contributed by atoms with van der Waals surface area (Å²) in [7, 11) is 0. The van der Waals surface area contributed by atoms with Gasteiger partial charge in [-0.15, -0.1) is 0 Å². The molecular weight excluding hydrogens is 240 g/mol. The number of nitrogens with one attached hydrogen (secondary N) is 1. The highest BCUT2D eigenvalue weighted by atomic mass is 19.3. The third-order valence-corrected chi connectivity index (χ3v) is 2.91. The average Bonchev–Trinajstić information content (AvgIpc) is 2.84. The lowest BCUT2D eigenvalue weighted by atomic mass is 10.2. The van der Waals surface area contributed by atoms with Crippen LogP contribution in [0.25, 0.3) is 0 Å². The van der Waals surface area contributed by atoms with E-state index in [9.17, 15) is 8.78 Å². The highest BCUT2D eigenvalue weighted by Crippen LogP contribution is 2.25. The average molecular weight is 257 g/mol. The maximum absolute atomic E-state index is 12.2. The Kier molecular flexibility index (Phi) is 4.75. The Morgan fingerprint density at radius 3 is 2.94 bits per heavy atom. The van der Waals surface area contributed by atoms with Gasteiger partial charge in [0.05, 0.1) is 11.8 Å². The summed E-state index contributed by atoms with van der Waals surface area (Å²) in [5.74, 6) is 0.180. The molecule has 1 aromatic rings.